The van der Waals surface area contributed by atoms with E-state index < -0.39 is 12.1 Å². The van der Waals surface area contributed by atoms with Crippen molar-refractivity contribution in [3.63, 3.8) is 0 Å². The van der Waals surface area contributed by atoms with Crippen molar-refractivity contribution in [3.05, 3.63) is 71.0 Å². The molecule has 132 valence electrons. The number of nitrogens with zero attached hydrogens (tertiary/aromatic N) is 1. The van der Waals surface area contributed by atoms with Gasteiger partial charge >= 0.3 is 5.97 Å². The maximum atomic E-state index is 13.0. The van der Waals surface area contributed by atoms with E-state index in [1.165, 1.54) is 12.1 Å². The number of rotatable bonds is 6. The third-order valence-electron chi connectivity index (χ3n) is 4.84. The van der Waals surface area contributed by atoms with Gasteiger partial charge in [0.1, 0.15) is 5.82 Å². The maximum absolute atomic E-state index is 13.0. The number of benzene rings is 2. The van der Waals surface area contributed by atoms with Crippen LogP contribution >= 0.6 is 0 Å². The lowest BCUT2D eigenvalue weighted by molar-refractivity contribution is 0.0696. The highest BCUT2D eigenvalue weighted by molar-refractivity contribution is 5.87. The molecule has 2 aromatic rings. The van der Waals surface area contributed by atoms with Crippen molar-refractivity contribution in [2.75, 3.05) is 6.54 Å². The van der Waals surface area contributed by atoms with E-state index in [9.17, 15) is 14.3 Å². The van der Waals surface area contributed by atoms with Gasteiger partial charge in [-0.05, 0) is 61.2 Å². The van der Waals surface area contributed by atoms with Crippen LogP contribution in [0.2, 0.25) is 0 Å². The lowest BCUT2D eigenvalue weighted by atomic mass is 10.00. The van der Waals surface area contributed by atoms with Gasteiger partial charge < -0.3 is 10.2 Å². The maximum Gasteiger partial charge on any atom is 0.335 e. The largest absolute Gasteiger partial charge is 0.478 e. The number of carboxylic acids is 1. The average Bonchev–Trinajstić information content (AvgIpc) is 3.02. The molecular formula is C20H22FNO3. The molecule has 1 fully saturated rings. The van der Waals surface area contributed by atoms with Crippen LogP contribution < -0.4 is 0 Å². The highest BCUT2D eigenvalue weighted by Gasteiger charge is 2.27. The highest BCUT2D eigenvalue weighted by atomic mass is 19.1. The van der Waals surface area contributed by atoms with Gasteiger partial charge in [-0.1, -0.05) is 24.3 Å². The number of likely N-dealkylation sites (tertiary alicyclic amines) is 1. The number of halogens is 1. The minimum Gasteiger partial charge on any atom is -0.478 e. The van der Waals surface area contributed by atoms with Crippen molar-refractivity contribution in [2.24, 2.45) is 0 Å². The first-order valence-corrected chi connectivity index (χ1v) is 8.53. The molecule has 1 saturated heterocycles. The molecule has 25 heavy (non-hydrogen) atoms. The van der Waals surface area contributed by atoms with Gasteiger partial charge in [-0.15, -0.1) is 0 Å². The summed E-state index contributed by atoms with van der Waals surface area (Å²) in [6.07, 6.45) is 2.10. The number of aliphatic hydroxyl groups excluding tert-OH is 1. The van der Waals surface area contributed by atoms with Gasteiger partial charge in [0.15, 0.2) is 0 Å². The summed E-state index contributed by atoms with van der Waals surface area (Å²) < 4.78 is 13.0. The zero-order valence-electron chi connectivity index (χ0n) is 13.9. The Balaban J connectivity index is 1.62. The van der Waals surface area contributed by atoms with Crippen molar-refractivity contribution in [3.8, 4) is 0 Å². The minimum absolute atomic E-state index is 0.263. The second kappa shape index (κ2) is 7.76. The molecule has 1 aliphatic rings. The van der Waals surface area contributed by atoms with E-state index in [1.54, 1.807) is 24.3 Å². The van der Waals surface area contributed by atoms with Gasteiger partial charge in [0, 0.05) is 12.6 Å². The molecule has 0 saturated carbocycles. The lowest BCUT2D eigenvalue weighted by Gasteiger charge is -2.26. The van der Waals surface area contributed by atoms with Crippen LogP contribution in [-0.2, 0) is 6.54 Å². The molecule has 1 heterocycles. The summed E-state index contributed by atoms with van der Waals surface area (Å²) >= 11 is 0. The fraction of sp³-hybridized carbons (Fsp3) is 0.350. The van der Waals surface area contributed by atoms with Crippen LogP contribution in [0.1, 0.15) is 46.9 Å². The van der Waals surface area contributed by atoms with E-state index in [0.29, 0.717) is 6.42 Å². The van der Waals surface area contributed by atoms with E-state index in [4.69, 9.17) is 5.11 Å². The summed E-state index contributed by atoms with van der Waals surface area (Å²) in [5.41, 5.74) is 2.08. The highest BCUT2D eigenvalue weighted by Crippen LogP contribution is 2.28. The Morgan fingerprint density at radius 3 is 2.48 bits per heavy atom. The molecule has 4 nitrogen and oxygen atoms in total. The molecule has 0 aliphatic carbocycles. The molecule has 3 rings (SSSR count). The van der Waals surface area contributed by atoms with E-state index in [-0.39, 0.29) is 17.4 Å². The molecule has 2 aromatic carbocycles. The molecular weight excluding hydrogens is 321 g/mol. The van der Waals surface area contributed by atoms with Crippen molar-refractivity contribution in [2.45, 2.75) is 38.0 Å². The molecule has 0 radical (unpaired) electrons. The zero-order chi connectivity index (χ0) is 17.8. The Morgan fingerprint density at radius 1 is 1.16 bits per heavy atom. The van der Waals surface area contributed by atoms with Crippen LogP contribution in [0.3, 0.4) is 0 Å². The predicted molar refractivity (Wildman–Crippen MR) is 92.8 cm³/mol. The minimum atomic E-state index is -0.923. The summed E-state index contributed by atoms with van der Waals surface area (Å²) in [4.78, 5) is 13.2. The lowest BCUT2D eigenvalue weighted by Crippen LogP contribution is -2.30. The Kier molecular flexibility index (Phi) is 5.46. The number of aliphatic hydroxyl groups is 1. The van der Waals surface area contributed by atoms with Crippen LogP contribution in [0.5, 0.6) is 0 Å². The topological polar surface area (TPSA) is 60.8 Å². The van der Waals surface area contributed by atoms with Crippen LogP contribution in [0.4, 0.5) is 4.39 Å². The van der Waals surface area contributed by atoms with Crippen LogP contribution in [0.15, 0.2) is 48.5 Å². The van der Waals surface area contributed by atoms with Crippen molar-refractivity contribution < 1.29 is 19.4 Å². The fourth-order valence-corrected chi connectivity index (χ4v) is 3.44. The van der Waals surface area contributed by atoms with Gasteiger partial charge in [0.05, 0.1) is 11.7 Å². The van der Waals surface area contributed by atoms with Gasteiger partial charge in [-0.3, -0.25) is 4.90 Å². The Morgan fingerprint density at radius 2 is 1.84 bits per heavy atom. The molecule has 2 N–H and O–H groups in total. The van der Waals surface area contributed by atoms with Crippen LogP contribution in [-0.4, -0.2) is 33.7 Å². The molecule has 1 aliphatic heterocycles. The summed E-state index contributed by atoms with van der Waals surface area (Å²) in [7, 11) is 0. The first-order valence-electron chi connectivity index (χ1n) is 8.53. The van der Waals surface area contributed by atoms with Crippen molar-refractivity contribution in [1.29, 1.82) is 0 Å². The normalized spacial score (nSPS) is 19.0. The first kappa shape index (κ1) is 17.6. The molecule has 2 unspecified atom stereocenters. The number of carbonyl (C=O) groups is 1. The summed E-state index contributed by atoms with van der Waals surface area (Å²) in [6, 6.07) is 13.2. The van der Waals surface area contributed by atoms with Crippen molar-refractivity contribution >= 4 is 5.97 Å². The van der Waals surface area contributed by atoms with E-state index in [1.807, 2.05) is 12.1 Å². The van der Waals surface area contributed by atoms with E-state index in [2.05, 4.69) is 4.90 Å². The summed E-state index contributed by atoms with van der Waals surface area (Å²) in [5.74, 6) is -1.23. The number of carboxylic acid groups (broad SMARTS) is 1. The van der Waals surface area contributed by atoms with E-state index in [0.717, 1.165) is 37.1 Å². The molecule has 2 atom stereocenters. The second-order valence-corrected chi connectivity index (χ2v) is 6.57. The predicted octanol–water partition coefficient (Wildman–Crippen LogP) is 3.61. The Bertz CT molecular complexity index is 715. The SMILES string of the molecule is O=C(O)c1ccc(CN2CCCC2CC(O)c2ccc(F)cc2)cc1. The standard InChI is InChI=1S/C20H22FNO3/c21-17-9-7-15(8-10-17)19(23)12-18-2-1-11-22(18)13-14-3-5-16(6-4-14)20(24)25/h3-10,18-19,23H,1-2,11-13H2,(H,24,25). The Labute approximate surface area is 146 Å². The van der Waals surface area contributed by atoms with Gasteiger partial charge in [0.25, 0.3) is 0 Å². The van der Waals surface area contributed by atoms with Gasteiger partial charge in [0.2, 0.25) is 0 Å². The summed E-state index contributed by atoms with van der Waals surface area (Å²) in [6.45, 7) is 1.70. The van der Waals surface area contributed by atoms with E-state index >= 15 is 0 Å². The molecule has 0 spiro atoms. The molecule has 0 amide bonds. The third kappa shape index (κ3) is 4.44. The molecule has 0 aromatic heterocycles. The molecule has 5 heteroatoms. The van der Waals surface area contributed by atoms with Crippen LogP contribution in [0, 0.1) is 5.82 Å². The smallest absolute Gasteiger partial charge is 0.335 e. The zero-order valence-corrected chi connectivity index (χ0v) is 13.9. The molecule has 0 bridgehead atoms. The summed E-state index contributed by atoms with van der Waals surface area (Å²) in [5, 5.41) is 19.4. The van der Waals surface area contributed by atoms with Crippen LogP contribution in [0.25, 0.3) is 0 Å². The first-order chi connectivity index (χ1) is 12.0. The number of hydrogen-bond donors (Lipinski definition) is 2. The fourth-order valence-electron chi connectivity index (χ4n) is 3.44. The van der Waals surface area contributed by atoms with Crippen molar-refractivity contribution in [1.82, 2.24) is 4.90 Å². The van der Waals surface area contributed by atoms with Gasteiger partial charge in [-0.2, -0.15) is 0 Å². The average molecular weight is 343 g/mol. The number of hydrogen-bond acceptors (Lipinski definition) is 3. The quantitative estimate of drug-likeness (QED) is 0.841. The number of aromatic carboxylic acids is 1. The van der Waals surface area contributed by atoms with Gasteiger partial charge in [-0.25, -0.2) is 9.18 Å². The Hall–Kier alpha value is -2.24. The third-order valence-corrected chi connectivity index (χ3v) is 4.84. The monoisotopic (exact) mass is 343 g/mol. The second-order valence-electron chi connectivity index (χ2n) is 6.57.